The molecule has 0 spiro atoms. The Labute approximate surface area is 177 Å². The van der Waals surface area contributed by atoms with E-state index in [0.717, 1.165) is 56.6 Å². The van der Waals surface area contributed by atoms with Crippen LogP contribution in [0.4, 0.5) is 5.82 Å². The molecule has 1 aromatic carbocycles. The van der Waals surface area contributed by atoms with Crippen LogP contribution < -0.4 is 15.8 Å². The SMILES string of the molecule is Cc1nc(N(C)C)ccc1-c1ccc2c3c1[nH]c(=CC(C)CC(C)C)cc-3[nH]c2=O. The molecule has 2 aliphatic rings. The first-order valence-electron chi connectivity index (χ1n) is 10.6. The van der Waals surface area contributed by atoms with Crippen molar-refractivity contribution in [2.45, 2.75) is 34.1 Å². The van der Waals surface area contributed by atoms with Gasteiger partial charge in [0, 0.05) is 41.8 Å². The van der Waals surface area contributed by atoms with Crippen molar-refractivity contribution in [2.75, 3.05) is 19.0 Å². The van der Waals surface area contributed by atoms with Crippen LogP contribution in [0.3, 0.4) is 0 Å². The third-order valence-electron chi connectivity index (χ3n) is 5.66. The van der Waals surface area contributed by atoms with E-state index < -0.39 is 0 Å². The zero-order valence-corrected chi connectivity index (χ0v) is 18.6. The highest BCUT2D eigenvalue weighted by molar-refractivity contribution is 6.02. The normalized spacial score (nSPS) is 13.6. The Morgan fingerprint density at radius 2 is 1.80 bits per heavy atom. The molecule has 0 fully saturated rings. The van der Waals surface area contributed by atoms with Crippen molar-refractivity contribution in [3.8, 4) is 22.4 Å². The molecule has 5 nitrogen and oxygen atoms in total. The number of anilines is 1. The third kappa shape index (κ3) is 3.60. The quantitative estimate of drug-likeness (QED) is 0.514. The Morgan fingerprint density at radius 3 is 2.47 bits per heavy atom. The first-order chi connectivity index (χ1) is 14.2. The highest BCUT2D eigenvalue weighted by Gasteiger charge is 2.19. The number of nitrogens with zero attached hydrogens (tertiary/aromatic N) is 2. The Hall–Kier alpha value is -3.08. The van der Waals surface area contributed by atoms with E-state index in [0.29, 0.717) is 11.8 Å². The molecule has 0 amide bonds. The number of hydrogen-bond donors (Lipinski definition) is 2. The first-order valence-corrected chi connectivity index (χ1v) is 10.6. The van der Waals surface area contributed by atoms with Crippen LogP contribution in [-0.4, -0.2) is 29.0 Å². The number of nitrogens with one attached hydrogen (secondary N) is 2. The lowest BCUT2D eigenvalue weighted by molar-refractivity contribution is 0.518. The number of pyridine rings is 2. The Balaban J connectivity index is 1.96. The van der Waals surface area contributed by atoms with Gasteiger partial charge in [0.05, 0.1) is 16.6 Å². The first kappa shape index (κ1) is 20.2. The van der Waals surface area contributed by atoms with E-state index in [4.69, 9.17) is 4.98 Å². The second-order valence-corrected chi connectivity index (χ2v) is 8.97. The van der Waals surface area contributed by atoms with Crippen LogP contribution in [0.2, 0.25) is 0 Å². The molecule has 0 bridgehead atoms. The second kappa shape index (κ2) is 7.63. The molecule has 1 aromatic heterocycles. The van der Waals surface area contributed by atoms with Crippen LogP contribution in [0, 0.1) is 18.8 Å². The Kier molecular flexibility index (Phi) is 5.14. The highest BCUT2D eigenvalue weighted by Crippen LogP contribution is 2.36. The second-order valence-electron chi connectivity index (χ2n) is 8.97. The number of aryl methyl sites for hydroxylation is 1. The molecule has 2 aliphatic heterocycles. The van der Waals surface area contributed by atoms with Crippen molar-refractivity contribution in [1.82, 2.24) is 15.0 Å². The maximum atomic E-state index is 12.5. The Bertz CT molecular complexity index is 1280. The summed E-state index contributed by atoms with van der Waals surface area (Å²) in [5.74, 6) is 2.01. The molecule has 5 heteroatoms. The number of benzene rings is 1. The maximum absolute atomic E-state index is 12.5. The monoisotopic (exact) mass is 402 g/mol. The molecule has 156 valence electrons. The number of aromatic amines is 2. The molecule has 0 radical (unpaired) electrons. The fourth-order valence-corrected chi connectivity index (χ4v) is 4.41. The average Bonchev–Trinajstić information content (AvgIpc) is 2.98. The van der Waals surface area contributed by atoms with Gasteiger partial charge in [-0.2, -0.15) is 0 Å². The van der Waals surface area contributed by atoms with Crippen LogP contribution in [-0.2, 0) is 0 Å². The summed E-state index contributed by atoms with van der Waals surface area (Å²) < 4.78 is 0. The molecule has 2 N–H and O–H groups in total. The van der Waals surface area contributed by atoms with Gasteiger partial charge in [0.25, 0.3) is 5.56 Å². The van der Waals surface area contributed by atoms with E-state index in [1.54, 1.807) is 0 Å². The van der Waals surface area contributed by atoms with Crippen LogP contribution in [0.1, 0.15) is 32.9 Å². The van der Waals surface area contributed by atoms with Crippen molar-refractivity contribution < 1.29 is 0 Å². The summed E-state index contributed by atoms with van der Waals surface area (Å²) in [6.07, 6.45) is 3.38. The maximum Gasteiger partial charge on any atom is 0.256 e. The highest BCUT2D eigenvalue weighted by atomic mass is 16.1. The van der Waals surface area contributed by atoms with Gasteiger partial charge in [0.1, 0.15) is 5.82 Å². The summed E-state index contributed by atoms with van der Waals surface area (Å²) in [7, 11) is 3.98. The lowest BCUT2D eigenvalue weighted by atomic mass is 9.95. The molecule has 30 heavy (non-hydrogen) atoms. The molecule has 3 heterocycles. The minimum Gasteiger partial charge on any atom is -0.363 e. The minimum absolute atomic E-state index is 0.0415. The summed E-state index contributed by atoms with van der Waals surface area (Å²) in [6.45, 7) is 8.76. The number of rotatable bonds is 5. The lowest BCUT2D eigenvalue weighted by Gasteiger charge is -2.16. The summed E-state index contributed by atoms with van der Waals surface area (Å²) in [5, 5.41) is 1.75. The van der Waals surface area contributed by atoms with Crippen LogP contribution in [0.5, 0.6) is 0 Å². The van der Waals surface area contributed by atoms with Gasteiger partial charge in [-0.3, -0.25) is 4.79 Å². The fraction of sp³-hybridized carbons (Fsp3) is 0.360. The third-order valence-corrected chi connectivity index (χ3v) is 5.66. The smallest absolute Gasteiger partial charge is 0.256 e. The Morgan fingerprint density at radius 1 is 1.07 bits per heavy atom. The molecule has 1 atom stereocenters. The van der Waals surface area contributed by atoms with Gasteiger partial charge in [0.15, 0.2) is 0 Å². The van der Waals surface area contributed by atoms with Gasteiger partial charge in [0.2, 0.25) is 0 Å². The van der Waals surface area contributed by atoms with Crippen molar-refractivity contribution in [1.29, 1.82) is 0 Å². The lowest BCUT2D eigenvalue weighted by Crippen LogP contribution is -2.12. The van der Waals surface area contributed by atoms with Crippen molar-refractivity contribution in [2.24, 2.45) is 11.8 Å². The molecular formula is C25H30N4O. The molecule has 0 saturated heterocycles. The van der Waals surface area contributed by atoms with E-state index >= 15 is 0 Å². The molecule has 0 saturated carbocycles. The summed E-state index contributed by atoms with van der Waals surface area (Å²) in [5.41, 5.74) is 5.88. The predicted octanol–water partition coefficient (Wildman–Crippen LogP) is 4.58. The van der Waals surface area contributed by atoms with E-state index in [9.17, 15) is 4.79 Å². The molecule has 4 rings (SSSR count). The van der Waals surface area contributed by atoms with Gasteiger partial charge >= 0.3 is 0 Å². The molecule has 0 aliphatic carbocycles. The molecule has 2 aromatic rings. The predicted molar refractivity (Wildman–Crippen MR) is 126 cm³/mol. The van der Waals surface area contributed by atoms with Crippen molar-refractivity contribution in [3.05, 3.63) is 51.7 Å². The fourth-order valence-electron chi connectivity index (χ4n) is 4.41. The zero-order chi connectivity index (χ0) is 21.6. The van der Waals surface area contributed by atoms with Crippen LogP contribution in [0.25, 0.3) is 39.4 Å². The van der Waals surface area contributed by atoms with Gasteiger partial charge < -0.3 is 14.9 Å². The van der Waals surface area contributed by atoms with Gasteiger partial charge in [-0.05, 0) is 49.4 Å². The topological polar surface area (TPSA) is 64.8 Å². The van der Waals surface area contributed by atoms with E-state index in [-0.39, 0.29) is 5.56 Å². The number of aromatic nitrogens is 3. The van der Waals surface area contributed by atoms with Crippen molar-refractivity contribution in [3.63, 3.8) is 0 Å². The largest absolute Gasteiger partial charge is 0.363 e. The average molecular weight is 403 g/mol. The minimum atomic E-state index is -0.0415. The zero-order valence-electron chi connectivity index (χ0n) is 18.6. The van der Waals surface area contributed by atoms with E-state index in [2.05, 4.69) is 48.9 Å². The molecule has 1 unspecified atom stereocenters. The van der Waals surface area contributed by atoms with Gasteiger partial charge in [-0.1, -0.05) is 32.9 Å². The van der Waals surface area contributed by atoms with Gasteiger partial charge in [-0.25, -0.2) is 4.98 Å². The number of H-pyrrole nitrogens is 2. The molecular weight excluding hydrogens is 372 g/mol. The summed E-state index contributed by atoms with van der Waals surface area (Å²) in [6, 6.07) is 10.2. The van der Waals surface area contributed by atoms with E-state index in [1.165, 1.54) is 0 Å². The van der Waals surface area contributed by atoms with Crippen LogP contribution >= 0.6 is 0 Å². The van der Waals surface area contributed by atoms with E-state index in [1.807, 2.05) is 44.1 Å². The van der Waals surface area contributed by atoms with Crippen LogP contribution in [0.15, 0.2) is 35.1 Å². The summed E-state index contributed by atoms with van der Waals surface area (Å²) in [4.78, 5) is 25.9. The number of hydrogen-bond acceptors (Lipinski definition) is 3. The summed E-state index contributed by atoms with van der Waals surface area (Å²) >= 11 is 0. The van der Waals surface area contributed by atoms with Gasteiger partial charge in [-0.15, -0.1) is 0 Å². The standard InChI is InChI=1S/C25H30N4O/c1-14(2)11-15(3)12-17-13-21-23-20(25(30)28-21)8-7-19(24(23)27-17)18-9-10-22(29(5)6)26-16(18)4/h7-10,12-15,27H,11H2,1-6H3,(H,28,30). The van der Waals surface area contributed by atoms with Crippen molar-refractivity contribution >= 4 is 22.8 Å².